The van der Waals surface area contributed by atoms with Gasteiger partial charge in [0, 0.05) is 30.2 Å². The predicted octanol–water partition coefficient (Wildman–Crippen LogP) is 4.24. The van der Waals surface area contributed by atoms with E-state index in [0.29, 0.717) is 30.3 Å². The fourth-order valence-corrected chi connectivity index (χ4v) is 2.78. The number of alkyl halides is 1. The van der Waals surface area contributed by atoms with Crippen molar-refractivity contribution in [3.63, 3.8) is 0 Å². The Morgan fingerprint density at radius 2 is 2.14 bits per heavy atom. The highest BCUT2D eigenvalue weighted by atomic mass is 35.5. The van der Waals surface area contributed by atoms with Crippen LogP contribution in [0.5, 0.6) is 0 Å². The lowest BCUT2D eigenvalue weighted by atomic mass is 10.1. The minimum Gasteiger partial charge on any atom is -0.441 e. The van der Waals surface area contributed by atoms with E-state index < -0.39 is 6.17 Å². The summed E-state index contributed by atoms with van der Waals surface area (Å²) in [5.74, 6) is 1.40. The fraction of sp³-hybridized carbons (Fsp3) is 0.438. The molecule has 21 heavy (non-hydrogen) atoms. The van der Waals surface area contributed by atoms with Crippen LogP contribution in [0.25, 0.3) is 11.5 Å². The average molecular weight is 309 g/mol. The molecule has 3 rings (SSSR count). The molecule has 1 saturated heterocycles. The predicted molar refractivity (Wildman–Crippen MR) is 81.1 cm³/mol. The van der Waals surface area contributed by atoms with Gasteiger partial charge < -0.3 is 4.42 Å². The molecule has 1 fully saturated rings. The zero-order valence-corrected chi connectivity index (χ0v) is 12.7. The van der Waals surface area contributed by atoms with E-state index in [1.54, 1.807) is 0 Å². The molecule has 0 aliphatic carbocycles. The quantitative estimate of drug-likeness (QED) is 0.849. The zero-order valence-electron chi connectivity index (χ0n) is 12.0. The molecule has 0 spiro atoms. The van der Waals surface area contributed by atoms with Crippen LogP contribution in [-0.2, 0) is 6.54 Å². The summed E-state index contributed by atoms with van der Waals surface area (Å²) in [6, 6.07) is 7.46. The van der Waals surface area contributed by atoms with Crippen LogP contribution in [0.3, 0.4) is 0 Å². The second kappa shape index (κ2) is 6.16. The Kier molecular flexibility index (Phi) is 4.27. The van der Waals surface area contributed by atoms with E-state index >= 15 is 0 Å². The lowest BCUT2D eigenvalue weighted by Crippen LogP contribution is -2.34. The summed E-state index contributed by atoms with van der Waals surface area (Å²) in [5, 5.41) is 0.662. The van der Waals surface area contributed by atoms with Crippen molar-refractivity contribution < 1.29 is 8.81 Å². The lowest BCUT2D eigenvalue weighted by molar-refractivity contribution is 0.144. The molecule has 0 amide bonds. The Morgan fingerprint density at radius 3 is 2.86 bits per heavy atom. The Morgan fingerprint density at radius 1 is 1.38 bits per heavy atom. The van der Waals surface area contributed by atoms with Gasteiger partial charge >= 0.3 is 0 Å². The molecular weight excluding hydrogens is 291 g/mol. The van der Waals surface area contributed by atoms with Crippen LogP contribution in [0.2, 0.25) is 5.02 Å². The topological polar surface area (TPSA) is 29.3 Å². The van der Waals surface area contributed by atoms with Crippen LogP contribution in [0.15, 0.2) is 28.7 Å². The van der Waals surface area contributed by atoms with E-state index in [1.165, 1.54) is 0 Å². The largest absolute Gasteiger partial charge is 0.441 e. The second-order valence-corrected chi connectivity index (χ2v) is 5.92. The first kappa shape index (κ1) is 14.5. The number of piperidine rings is 1. The summed E-state index contributed by atoms with van der Waals surface area (Å²) < 4.78 is 18.9. The molecule has 2 aromatic rings. The van der Waals surface area contributed by atoms with Gasteiger partial charge in [-0.1, -0.05) is 17.7 Å². The molecule has 0 saturated carbocycles. The van der Waals surface area contributed by atoms with Gasteiger partial charge in [-0.3, -0.25) is 4.90 Å². The molecule has 1 aromatic heterocycles. The Hall–Kier alpha value is -1.39. The third kappa shape index (κ3) is 3.44. The lowest BCUT2D eigenvalue weighted by Gasteiger charge is -2.27. The summed E-state index contributed by atoms with van der Waals surface area (Å²) in [6.07, 6.45) is 0.567. The highest BCUT2D eigenvalue weighted by Crippen LogP contribution is 2.25. The number of halogens is 2. The van der Waals surface area contributed by atoms with Crippen molar-refractivity contribution >= 4 is 11.6 Å². The summed E-state index contributed by atoms with van der Waals surface area (Å²) in [5.41, 5.74) is 1.79. The summed E-state index contributed by atoms with van der Waals surface area (Å²) >= 11 is 6.00. The number of rotatable bonds is 3. The maximum absolute atomic E-state index is 13.2. The van der Waals surface area contributed by atoms with Crippen LogP contribution in [-0.4, -0.2) is 29.1 Å². The molecule has 1 aliphatic heterocycles. The SMILES string of the molecule is Cc1oc(-c2cccc(Cl)c2)nc1CN1CCC(F)CC1. The fourth-order valence-electron chi connectivity index (χ4n) is 2.59. The number of aromatic nitrogens is 1. The number of hydrogen-bond donors (Lipinski definition) is 0. The van der Waals surface area contributed by atoms with Gasteiger partial charge in [0.05, 0.1) is 5.69 Å². The van der Waals surface area contributed by atoms with Crippen LogP contribution in [0.4, 0.5) is 4.39 Å². The number of hydrogen-bond acceptors (Lipinski definition) is 3. The number of likely N-dealkylation sites (tertiary alicyclic amines) is 1. The molecule has 1 aliphatic rings. The monoisotopic (exact) mass is 308 g/mol. The van der Waals surface area contributed by atoms with Crippen LogP contribution < -0.4 is 0 Å². The number of nitrogens with zero attached hydrogens (tertiary/aromatic N) is 2. The molecule has 0 bridgehead atoms. The van der Waals surface area contributed by atoms with E-state index in [1.807, 2.05) is 31.2 Å². The smallest absolute Gasteiger partial charge is 0.226 e. The van der Waals surface area contributed by atoms with Gasteiger partial charge in [-0.25, -0.2) is 9.37 Å². The highest BCUT2D eigenvalue weighted by molar-refractivity contribution is 6.30. The van der Waals surface area contributed by atoms with Crippen LogP contribution in [0, 0.1) is 6.92 Å². The molecule has 112 valence electrons. The number of oxazole rings is 1. The first-order valence-electron chi connectivity index (χ1n) is 7.20. The normalized spacial score (nSPS) is 17.3. The van der Waals surface area contributed by atoms with E-state index in [0.717, 1.165) is 30.1 Å². The molecule has 3 nitrogen and oxygen atoms in total. The van der Waals surface area contributed by atoms with Crippen LogP contribution >= 0.6 is 11.6 Å². The summed E-state index contributed by atoms with van der Waals surface area (Å²) in [6.45, 7) is 4.18. The molecule has 0 unspecified atom stereocenters. The molecular formula is C16H18ClFN2O. The highest BCUT2D eigenvalue weighted by Gasteiger charge is 2.21. The van der Waals surface area contributed by atoms with E-state index in [2.05, 4.69) is 9.88 Å². The summed E-state index contributed by atoms with van der Waals surface area (Å²) in [4.78, 5) is 6.80. The van der Waals surface area contributed by atoms with E-state index in [4.69, 9.17) is 16.0 Å². The van der Waals surface area contributed by atoms with Crippen molar-refractivity contribution in [2.75, 3.05) is 13.1 Å². The molecule has 0 atom stereocenters. The second-order valence-electron chi connectivity index (χ2n) is 5.48. The maximum Gasteiger partial charge on any atom is 0.226 e. The zero-order chi connectivity index (χ0) is 14.8. The summed E-state index contributed by atoms with van der Waals surface area (Å²) in [7, 11) is 0. The standard InChI is InChI=1S/C16H18ClFN2O/c1-11-15(10-20-7-5-14(18)6-8-20)19-16(21-11)12-3-2-4-13(17)9-12/h2-4,9,14H,5-8,10H2,1H3. The van der Waals surface area contributed by atoms with Gasteiger partial charge in [-0.2, -0.15) is 0 Å². The number of benzene rings is 1. The van der Waals surface area contributed by atoms with Gasteiger partial charge in [-0.15, -0.1) is 0 Å². The molecule has 5 heteroatoms. The van der Waals surface area contributed by atoms with Crippen LogP contribution in [0.1, 0.15) is 24.3 Å². The van der Waals surface area contributed by atoms with Gasteiger partial charge in [-0.05, 0) is 38.0 Å². The first-order valence-corrected chi connectivity index (χ1v) is 7.58. The molecule has 1 aromatic carbocycles. The minimum atomic E-state index is -0.651. The van der Waals surface area contributed by atoms with Gasteiger partial charge in [0.2, 0.25) is 5.89 Å². The van der Waals surface area contributed by atoms with Crippen molar-refractivity contribution in [3.8, 4) is 11.5 Å². The average Bonchev–Trinajstić information content (AvgIpc) is 2.83. The Bertz CT molecular complexity index is 620. The third-order valence-corrected chi connectivity index (χ3v) is 4.09. The van der Waals surface area contributed by atoms with Crippen molar-refractivity contribution in [1.82, 2.24) is 9.88 Å². The molecule has 0 radical (unpaired) electrons. The Labute approximate surface area is 128 Å². The van der Waals surface area contributed by atoms with Gasteiger partial charge in [0.25, 0.3) is 0 Å². The van der Waals surface area contributed by atoms with Crippen molar-refractivity contribution in [1.29, 1.82) is 0 Å². The van der Waals surface area contributed by atoms with Gasteiger partial charge in [0.15, 0.2) is 0 Å². The van der Waals surface area contributed by atoms with E-state index in [9.17, 15) is 4.39 Å². The molecule has 0 N–H and O–H groups in total. The Balaban J connectivity index is 1.75. The van der Waals surface area contributed by atoms with Crippen molar-refractivity contribution in [2.45, 2.75) is 32.5 Å². The van der Waals surface area contributed by atoms with Gasteiger partial charge in [0.1, 0.15) is 11.9 Å². The number of aryl methyl sites for hydroxylation is 1. The molecule has 2 heterocycles. The maximum atomic E-state index is 13.2. The minimum absolute atomic E-state index is 0.588. The third-order valence-electron chi connectivity index (χ3n) is 3.85. The van der Waals surface area contributed by atoms with E-state index in [-0.39, 0.29) is 0 Å². The van der Waals surface area contributed by atoms with Crippen molar-refractivity contribution in [3.05, 3.63) is 40.7 Å². The first-order chi connectivity index (χ1) is 10.1. The van der Waals surface area contributed by atoms with Crippen molar-refractivity contribution in [2.24, 2.45) is 0 Å².